The number of hydrogen-bond donors (Lipinski definition) is 1. The summed E-state index contributed by atoms with van der Waals surface area (Å²) in [5.74, 6) is -0.747. The summed E-state index contributed by atoms with van der Waals surface area (Å²) in [7, 11) is -2.43. The number of rotatable bonds is 4. The van der Waals surface area contributed by atoms with E-state index in [-0.39, 0.29) is 17.1 Å². The Morgan fingerprint density at radius 1 is 1.47 bits per heavy atom. The monoisotopic (exact) mass is 301 g/mol. The quantitative estimate of drug-likeness (QED) is 0.872. The topological polar surface area (TPSA) is 76.3 Å². The standard InChI is InChI=1S/C11H12FN3O2S2/c1-15(5-8-6-18-7-14-8)19(16,17)10-4-2-3-9(12)11(10)13/h2-4,6-7H,5,13H2,1H3. The number of anilines is 1. The summed E-state index contributed by atoms with van der Waals surface area (Å²) in [6.07, 6.45) is 0. The van der Waals surface area contributed by atoms with Gasteiger partial charge in [0.05, 0.1) is 23.4 Å². The van der Waals surface area contributed by atoms with Crippen molar-refractivity contribution < 1.29 is 12.8 Å². The van der Waals surface area contributed by atoms with E-state index >= 15 is 0 Å². The first-order valence-electron chi connectivity index (χ1n) is 5.30. The minimum atomic E-state index is -3.84. The molecular formula is C11H12FN3O2S2. The van der Waals surface area contributed by atoms with Gasteiger partial charge in [0.15, 0.2) is 0 Å². The normalized spacial score (nSPS) is 11.9. The molecule has 0 amide bonds. The lowest BCUT2D eigenvalue weighted by molar-refractivity contribution is 0.462. The molecule has 0 atom stereocenters. The zero-order valence-electron chi connectivity index (χ0n) is 10.1. The van der Waals surface area contributed by atoms with Crippen LogP contribution in [0.5, 0.6) is 0 Å². The van der Waals surface area contributed by atoms with Crippen molar-refractivity contribution in [1.82, 2.24) is 9.29 Å². The molecule has 0 spiro atoms. The average Bonchev–Trinajstić information content (AvgIpc) is 2.85. The van der Waals surface area contributed by atoms with Crippen molar-refractivity contribution in [2.24, 2.45) is 0 Å². The summed E-state index contributed by atoms with van der Waals surface area (Å²) in [5.41, 5.74) is 7.37. The predicted octanol–water partition coefficient (Wildman–Crippen LogP) is 1.69. The average molecular weight is 301 g/mol. The van der Waals surface area contributed by atoms with Crippen molar-refractivity contribution in [3.63, 3.8) is 0 Å². The molecule has 0 aliphatic rings. The number of benzene rings is 1. The van der Waals surface area contributed by atoms with Gasteiger partial charge >= 0.3 is 0 Å². The van der Waals surface area contributed by atoms with Gasteiger partial charge in [-0.05, 0) is 12.1 Å². The first-order valence-corrected chi connectivity index (χ1v) is 7.68. The van der Waals surface area contributed by atoms with E-state index in [1.165, 1.54) is 30.5 Å². The molecule has 0 bridgehead atoms. The Balaban J connectivity index is 2.34. The lowest BCUT2D eigenvalue weighted by Gasteiger charge is -2.17. The highest BCUT2D eigenvalue weighted by Crippen LogP contribution is 2.24. The lowest BCUT2D eigenvalue weighted by Crippen LogP contribution is -2.27. The fourth-order valence-corrected chi connectivity index (χ4v) is 3.35. The molecule has 1 aromatic carbocycles. The van der Waals surface area contributed by atoms with Crippen molar-refractivity contribution in [2.75, 3.05) is 12.8 Å². The maximum atomic E-state index is 13.3. The maximum absolute atomic E-state index is 13.3. The second-order valence-corrected chi connectivity index (χ2v) is 6.62. The van der Waals surface area contributed by atoms with Crippen molar-refractivity contribution in [2.45, 2.75) is 11.4 Å². The van der Waals surface area contributed by atoms with Gasteiger partial charge < -0.3 is 5.73 Å². The van der Waals surface area contributed by atoms with Gasteiger partial charge in [-0.2, -0.15) is 4.31 Å². The van der Waals surface area contributed by atoms with E-state index in [9.17, 15) is 12.8 Å². The van der Waals surface area contributed by atoms with Gasteiger partial charge in [-0.1, -0.05) is 6.07 Å². The van der Waals surface area contributed by atoms with Crippen molar-refractivity contribution in [1.29, 1.82) is 0 Å². The maximum Gasteiger partial charge on any atom is 0.245 e. The Labute approximate surface area is 114 Å². The van der Waals surface area contributed by atoms with Crippen LogP contribution >= 0.6 is 11.3 Å². The molecule has 1 aromatic heterocycles. The third-order valence-electron chi connectivity index (χ3n) is 2.57. The van der Waals surface area contributed by atoms with E-state index in [4.69, 9.17) is 5.73 Å². The number of nitrogens with zero attached hydrogens (tertiary/aromatic N) is 2. The molecule has 0 aliphatic carbocycles. The van der Waals surface area contributed by atoms with Crippen LogP contribution in [0.15, 0.2) is 34.0 Å². The second kappa shape index (κ2) is 5.24. The molecule has 0 saturated heterocycles. The summed E-state index contributed by atoms with van der Waals surface area (Å²) in [6.45, 7) is 0.113. The number of nitrogens with two attached hydrogens (primary N) is 1. The minimum Gasteiger partial charge on any atom is -0.395 e. The largest absolute Gasteiger partial charge is 0.395 e. The van der Waals surface area contributed by atoms with E-state index in [0.29, 0.717) is 5.69 Å². The molecule has 2 aromatic rings. The van der Waals surface area contributed by atoms with Crippen LogP contribution < -0.4 is 5.73 Å². The zero-order valence-corrected chi connectivity index (χ0v) is 11.7. The molecule has 2 rings (SSSR count). The Morgan fingerprint density at radius 3 is 2.84 bits per heavy atom. The zero-order chi connectivity index (χ0) is 14.0. The summed E-state index contributed by atoms with van der Waals surface area (Å²) in [6, 6.07) is 3.72. The number of halogens is 1. The van der Waals surface area contributed by atoms with Crippen LogP contribution in [-0.2, 0) is 16.6 Å². The molecule has 1 heterocycles. The van der Waals surface area contributed by atoms with E-state index in [1.807, 2.05) is 0 Å². The molecule has 0 saturated carbocycles. The number of para-hydroxylation sites is 1. The van der Waals surface area contributed by atoms with Gasteiger partial charge in [0, 0.05) is 12.4 Å². The molecule has 0 radical (unpaired) electrons. The van der Waals surface area contributed by atoms with Gasteiger partial charge in [-0.25, -0.2) is 17.8 Å². The number of thiazole rings is 1. The molecular weight excluding hydrogens is 289 g/mol. The van der Waals surface area contributed by atoms with Gasteiger partial charge in [0.1, 0.15) is 10.7 Å². The highest BCUT2D eigenvalue weighted by Gasteiger charge is 2.25. The molecule has 0 unspecified atom stereocenters. The smallest absolute Gasteiger partial charge is 0.245 e. The SMILES string of the molecule is CN(Cc1cscn1)S(=O)(=O)c1cccc(F)c1N. The molecule has 19 heavy (non-hydrogen) atoms. The van der Waals surface area contributed by atoms with E-state index in [0.717, 1.165) is 10.4 Å². The van der Waals surface area contributed by atoms with Gasteiger partial charge in [-0.3, -0.25) is 0 Å². The fourth-order valence-electron chi connectivity index (χ4n) is 1.54. The highest BCUT2D eigenvalue weighted by molar-refractivity contribution is 7.89. The summed E-state index contributed by atoms with van der Waals surface area (Å²) < 4.78 is 39.0. The van der Waals surface area contributed by atoms with Crippen LogP contribution in [0.2, 0.25) is 0 Å². The molecule has 5 nitrogen and oxygen atoms in total. The molecule has 2 N–H and O–H groups in total. The van der Waals surface area contributed by atoms with Crippen LogP contribution in [-0.4, -0.2) is 24.8 Å². The van der Waals surface area contributed by atoms with Gasteiger partial charge in [-0.15, -0.1) is 11.3 Å². The number of sulfonamides is 1. The third-order valence-corrected chi connectivity index (χ3v) is 5.07. The minimum absolute atomic E-state index is 0.113. The van der Waals surface area contributed by atoms with Gasteiger partial charge in [0.25, 0.3) is 0 Å². The second-order valence-electron chi connectivity index (χ2n) is 3.89. The third kappa shape index (κ3) is 2.75. The number of hydrogen-bond acceptors (Lipinski definition) is 5. The summed E-state index contributed by atoms with van der Waals surface area (Å²) >= 11 is 1.38. The van der Waals surface area contributed by atoms with E-state index in [2.05, 4.69) is 4.98 Å². The van der Waals surface area contributed by atoms with Crippen LogP contribution in [0.4, 0.5) is 10.1 Å². The number of nitrogen functional groups attached to an aromatic ring is 1. The van der Waals surface area contributed by atoms with Crippen molar-refractivity contribution in [3.8, 4) is 0 Å². The Kier molecular flexibility index (Phi) is 3.83. The molecule has 0 aliphatic heterocycles. The molecule has 102 valence electrons. The summed E-state index contributed by atoms with van der Waals surface area (Å²) in [5, 5.41) is 1.75. The van der Waals surface area contributed by atoms with Gasteiger partial charge in [0.2, 0.25) is 10.0 Å². The van der Waals surface area contributed by atoms with E-state index in [1.54, 1.807) is 10.9 Å². The van der Waals surface area contributed by atoms with Crippen LogP contribution in [0, 0.1) is 5.82 Å². The van der Waals surface area contributed by atoms with Crippen LogP contribution in [0.1, 0.15) is 5.69 Å². The first kappa shape index (κ1) is 13.9. The van der Waals surface area contributed by atoms with Crippen molar-refractivity contribution in [3.05, 3.63) is 40.6 Å². The molecule has 8 heteroatoms. The van der Waals surface area contributed by atoms with Crippen molar-refractivity contribution >= 4 is 27.0 Å². The Morgan fingerprint density at radius 2 is 2.21 bits per heavy atom. The first-order chi connectivity index (χ1) is 8.93. The van der Waals surface area contributed by atoms with E-state index < -0.39 is 15.8 Å². The molecule has 0 fully saturated rings. The Bertz CT molecular complexity index is 671. The highest BCUT2D eigenvalue weighted by atomic mass is 32.2. The van der Waals surface area contributed by atoms with Crippen LogP contribution in [0.25, 0.3) is 0 Å². The predicted molar refractivity (Wildman–Crippen MR) is 71.6 cm³/mol. The fraction of sp³-hybridized carbons (Fsp3) is 0.182. The Hall–Kier alpha value is -1.51. The summed E-state index contributed by atoms with van der Waals surface area (Å²) in [4.78, 5) is 3.78. The lowest BCUT2D eigenvalue weighted by atomic mass is 10.3. The van der Waals surface area contributed by atoms with Crippen LogP contribution in [0.3, 0.4) is 0 Å². The number of aromatic nitrogens is 1.